The van der Waals surface area contributed by atoms with E-state index >= 15 is 0 Å². The maximum absolute atomic E-state index is 11.3. The summed E-state index contributed by atoms with van der Waals surface area (Å²) in [5.41, 5.74) is 6.68. The van der Waals surface area contributed by atoms with Crippen molar-refractivity contribution < 1.29 is 4.79 Å². The minimum absolute atomic E-state index is 0.00131. The normalized spacial score (nSPS) is 11.5. The summed E-state index contributed by atoms with van der Waals surface area (Å²) < 4.78 is 0. The van der Waals surface area contributed by atoms with Gasteiger partial charge in [-0.15, -0.1) is 0 Å². The number of nitriles is 1. The molecule has 0 radical (unpaired) electrons. The van der Waals surface area contributed by atoms with E-state index in [9.17, 15) is 4.79 Å². The maximum atomic E-state index is 11.3. The van der Waals surface area contributed by atoms with Gasteiger partial charge in [-0.25, -0.2) is 0 Å². The van der Waals surface area contributed by atoms with E-state index in [1.807, 2.05) is 36.4 Å². The third-order valence-electron chi connectivity index (χ3n) is 1.98. The van der Waals surface area contributed by atoms with Gasteiger partial charge in [0.15, 0.2) is 0 Å². The Hall–Kier alpha value is -1.86. The second-order valence-electron chi connectivity index (χ2n) is 3.17. The van der Waals surface area contributed by atoms with E-state index in [0.717, 1.165) is 5.56 Å². The summed E-state index contributed by atoms with van der Waals surface area (Å²) in [4.78, 5) is 11.3. The Bertz CT molecular complexity index is 356. The summed E-state index contributed by atoms with van der Waals surface area (Å²) >= 11 is 0. The molecule has 0 fully saturated rings. The van der Waals surface area contributed by atoms with Crippen LogP contribution < -0.4 is 11.1 Å². The summed E-state index contributed by atoms with van der Waals surface area (Å²) in [6, 6.07) is 10.8. The van der Waals surface area contributed by atoms with Crippen molar-refractivity contribution in [3.63, 3.8) is 0 Å². The van der Waals surface area contributed by atoms with Crippen LogP contribution in [0.15, 0.2) is 30.3 Å². The van der Waals surface area contributed by atoms with Crippen LogP contribution in [0.25, 0.3) is 0 Å². The van der Waals surface area contributed by atoms with Crippen LogP contribution in [-0.4, -0.2) is 18.5 Å². The Morgan fingerprint density at radius 1 is 1.47 bits per heavy atom. The minimum atomic E-state index is -0.597. The molecule has 0 bridgehead atoms. The molecule has 78 valence electrons. The molecule has 1 amide bonds. The quantitative estimate of drug-likeness (QED) is 0.686. The van der Waals surface area contributed by atoms with Gasteiger partial charge in [0.1, 0.15) is 6.54 Å². The second kappa shape index (κ2) is 5.78. The lowest BCUT2D eigenvalue weighted by Crippen LogP contribution is -2.42. The number of amides is 1. The Morgan fingerprint density at radius 2 is 2.13 bits per heavy atom. The lowest BCUT2D eigenvalue weighted by molar-refractivity contribution is -0.122. The van der Waals surface area contributed by atoms with Gasteiger partial charge in [0.2, 0.25) is 5.91 Å². The Kier molecular flexibility index (Phi) is 4.32. The fraction of sp³-hybridized carbons (Fsp3) is 0.273. The predicted molar refractivity (Wildman–Crippen MR) is 56.7 cm³/mol. The van der Waals surface area contributed by atoms with Gasteiger partial charge >= 0.3 is 0 Å². The number of nitrogens with two attached hydrogens (primary N) is 1. The van der Waals surface area contributed by atoms with Crippen molar-refractivity contribution in [3.05, 3.63) is 35.9 Å². The average molecular weight is 203 g/mol. The number of nitrogens with zero attached hydrogens (tertiary/aromatic N) is 1. The molecule has 1 rings (SSSR count). The van der Waals surface area contributed by atoms with Crippen LogP contribution in [-0.2, 0) is 11.2 Å². The van der Waals surface area contributed by atoms with Crippen molar-refractivity contribution in [1.29, 1.82) is 5.26 Å². The molecule has 4 nitrogen and oxygen atoms in total. The molecule has 0 spiro atoms. The van der Waals surface area contributed by atoms with E-state index in [2.05, 4.69) is 5.32 Å². The zero-order valence-corrected chi connectivity index (χ0v) is 8.31. The lowest BCUT2D eigenvalue weighted by Gasteiger charge is -2.10. The number of hydrogen-bond acceptors (Lipinski definition) is 3. The second-order valence-corrected chi connectivity index (χ2v) is 3.17. The summed E-state index contributed by atoms with van der Waals surface area (Å²) in [7, 11) is 0. The number of carbonyl (C=O) groups is 1. The first-order valence-corrected chi connectivity index (χ1v) is 4.68. The van der Waals surface area contributed by atoms with Gasteiger partial charge in [-0.3, -0.25) is 4.79 Å². The van der Waals surface area contributed by atoms with Gasteiger partial charge in [-0.05, 0) is 12.0 Å². The van der Waals surface area contributed by atoms with Crippen LogP contribution in [0, 0.1) is 11.3 Å². The third-order valence-corrected chi connectivity index (χ3v) is 1.98. The fourth-order valence-electron chi connectivity index (χ4n) is 1.22. The van der Waals surface area contributed by atoms with Crippen LogP contribution in [0.2, 0.25) is 0 Å². The van der Waals surface area contributed by atoms with Gasteiger partial charge in [0, 0.05) is 0 Å². The number of rotatable bonds is 4. The molecule has 4 heteroatoms. The molecule has 0 unspecified atom stereocenters. The lowest BCUT2D eigenvalue weighted by atomic mass is 10.1. The molecule has 1 aromatic rings. The Labute approximate surface area is 88.7 Å². The van der Waals surface area contributed by atoms with Crippen molar-refractivity contribution in [3.8, 4) is 6.07 Å². The third kappa shape index (κ3) is 3.79. The predicted octanol–water partition coefficient (Wildman–Crippen LogP) is 0.196. The first kappa shape index (κ1) is 11.2. The molecule has 0 saturated heterocycles. The van der Waals surface area contributed by atoms with Crippen molar-refractivity contribution >= 4 is 5.91 Å². The van der Waals surface area contributed by atoms with Crippen LogP contribution >= 0.6 is 0 Å². The smallest absolute Gasteiger partial charge is 0.238 e. The molecule has 0 aliphatic rings. The van der Waals surface area contributed by atoms with Crippen molar-refractivity contribution in [2.45, 2.75) is 12.5 Å². The summed E-state index contributed by atoms with van der Waals surface area (Å²) in [5, 5.41) is 10.7. The number of benzene rings is 1. The van der Waals surface area contributed by atoms with Crippen LogP contribution in [0.1, 0.15) is 5.56 Å². The fourth-order valence-corrected chi connectivity index (χ4v) is 1.22. The highest BCUT2D eigenvalue weighted by molar-refractivity contribution is 5.81. The highest BCUT2D eigenvalue weighted by Crippen LogP contribution is 2.01. The van der Waals surface area contributed by atoms with Gasteiger partial charge < -0.3 is 11.1 Å². The molecule has 0 heterocycles. The largest absolute Gasteiger partial charge is 0.342 e. The number of nitrogens with one attached hydrogen (secondary N) is 1. The summed E-state index contributed by atoms with van der Waals surface area (Å²) in [6.45, 7) is 0.00131. The minimum Gasteiger partial charge on any atom is -0.342 e. The number of carbonyl (C=O) groups excluding carboxylic acids is 1. The Balaban J connectivity index is 2.46. The monoisotopic (exact) mass is 203 g/mol. The van der Waals surface area contributed by atoms with E-state index in [1.54, 1.807) is 0 Å². The highest BCUT2D eigenvalue weighted by Gasteiger charge is 2.12. The molecule has 1 aromatic carbocycles. The molecular formula is C11H13N3O. The van der Waals surface area contributed by atoms with Crippen LogP contribution in [0.3, 0.4) is 0 Å². The van der Waals surface area contributed by atoms with Crippen molar-refractivity contribution in [2.75, 3.05) is 6.54 Å². The van der Waals surface area contributed by atoms with Crippen LogP contribution in [0.5, 0.6) is 0 Å². The molecular weight excluding hydrogens is 190 g/mol. The average Bonchev–Trinajstić information content (AvgIpc) is 2.27. The standard InChI is InChI=1S/C11H13N3O/c12-6-7-14-11(15)10(13)8-9-4-2-1-3-5-9/h1-5,10H,7-8,13H2,(H,14,15)/t10-/m1/s1. The zero-order valence-electron chi connectivity index (χ0n) is 8.31. The van der Waals surface area contributed by atoms with Crippen molar-refractivity contribution in [2.24, 2.45) is 5.73 Å². The first-order valence-electron chi connectivity index (χ1n) is 4.68. The van der Waals surface area contributed by atoms with Crippen LogP contribution in [0.4, 0.5) is 0 Å². The molecule has 0 aliphatic carbocycles. The van der Waals surface area contributed by atoms with Crippen molar-refractivity contribution in [1.82, 2.24) is 5.32 Å². The molecule has 3 N–H and O–H groups in total. The molecule has 0 saturated carbocycles. The van der Waals surface area contributed by atoms with Gasteiger partial charge in [-0.1, -0.05) is 30.3 Å². The van der Waals surface area contributed by atoms with E-state index in [-0.39, 0.29) is 12.5 Å². The highest BCUT2D eigenvalue weighted by atomic mass is 16.2. The summed E-state index contributed by atoms with van der Waals surface area (Å²) in [5.74, 6) is -0.291. The SMILES string of the molecule is N#CCNC(=O)[C@H](N)Cc1ccccc1. The molecule has 1 atom stereocenters. The van der Waals surface area contributed by atoms with E-state index in [0.29, 0.717) is 6.42 Å². The van der Waals surface area contributed by atoms with E-state index in [1.165, 1.54) is 0 Å². The molecule has 15 heavy (non-hydrogen) atoms. The van der Waals surface area contributed by atoms with Gasteiger partial charge in [0.05, 0.1) is 12.1 Å². The Morgan fingerprint density at radius 3 is 2.73 bits per heavy atom. The maximum Gasteiger partial charge on any atom is 0.238 e. The van der Waals surface area contributed by atoms with E-state index in [4.69, 9.17) is 11.0 Å². The molecule has 0 aliphatic heterocycles. The van der Waals surface area contributed by atoms with E-state index < -0.39 is 6.04 Å². The topological polar surface area (TPSA) is 78.9 Å². The van der Waals surface area contributed by atoms with Gasteiger partial charge in [0.25, 0.3) is 0 Å². The zero-order chi connectivity index (χ0) is 11.1. The first-order chi connectivity index (χ1) is 7.24. The molecule has 0 aromatic heterocycles. The summed E-state index contributed by atoms with van der Waals surface area (Å²) in [6.07, 6.45) is 0.484. The number of hydrogen-bond donors (Lipinski definition) is 2. The van der Waals surface area contributed by atoms with Gasteiger partial charge in [-0.2, -0.15) is 5.26 Å².